The van der Waals surface area contributed by atoms with Gasteiger partial charge in [0.1, 0.15) is 5.82 Å². The molecule has 1 aliphatic carbocycles. The molecule has 3 aromatic rings. The molecule has 1 aliphatic heterocycles. The molecule has 0 unspecified atom stereocenters. The Morgan fingerprint density at radius 3 is 2.38 bits per heavy atom. The Hall–Kier alpha value is -4.12. The van der Waals surface area contributed by atoms with Crippen molar-refractivity contribution in [2.45, 2.75) is 38.3 Å². The minimum atomic E-state index is -1.02. The molecule has 10 nitrogen and oxygen atoms in total. The summed E-state index contributed by atoms with van der Waals surface area (Å²) in [5.41, 5.74) is 4.10. The first-order chi connectivity index (χ1) is 21.9. The Morgan fingerprint density at radius 2 is 1.73 bits per heavy atom. The maximum atomic E-state index is 14.1. The molecular formula is C35H43N5O5. The molecule has 238 valence electrons. The van der Waals surface area contributed by atoms with E-state index in [4.69, 9.17) is 19.6 Å². The minimum absolute atomic E-state index is 0.0514. The van der Waals surface area contributed by atoms with E-state index < -0.39 is 5.97 Å². The zero-order valence-corrected chi connectivity index (χ0v) is 26.2. The van der Waals surface area contributed by atoms with Crippen molar-refractivity contribution in [1.29, 1.82) is 0 Å². The molecule has 2 aliphatic rings. The summed E-state index contributed by atoms with van der Waals surface area (Å²) in [5.74, 6) is -0.210. The second-order valence-corrected chi connectivity index (χ2v) is 11.8. The molecule has 1 amide bonds. The molecule has 0 radical (unpaired) electrons. The van der Waals surface area contributed by atoms with E-state index in [0.29, 0.717) is 24.4 Å². The number of nitrogens with zero attached hydrogens (tertiary/aromatic N) is 5. The highest BCUT2D eigenvalue weighted by molar-refractivity contribution is 5.95. The molecular weight excluding hydrogens is 570 g/mol. The number of morpholine rings is 1. The van der Waals surface area contributed by atoms with Gasteiger partial charge in [-0.15, -0.1) is 0 Å². The van der Waals surface area contributed by atoms with Crippen LogP contribution >= 0.6 is 0 Å². The number of anilines is 2. The summed E-state index contributed by atoms with van der Waals surface area (Å²) in [7, 11) is 3.91. The summed E-state index contributed by atoms with van der Waals surface area (Å²) in [6.07, 6.45) is 9.68. The van der Waals surface area contributed by atoms with E-state index in [-0.39, 0.29) is 17.9 Å². The number of carboxylic acids is 1. The smallest absolute Gasteiger partial charge is 0.328 e. The van der Waals surface area contributed by atoms with Crippen molar-refractivity contribution in [1.82, 2.24) is 14.9 Å². The lowest BCUT2D eigenvalue weighted by molar-refractivity contribution is -0.131. The molecule has 1 aromatic carbocycles. The van der Waals surface area contributed by atoms with Crippen molar-refractivity contribution < 1.29 is 24.2 Å². The quantitative estimate of drug-likeness (QED) is 0.290. The lowest BCUT2D eigenvalue weighted by atomic mass is 9.86. The van der Waals surface area contributed by atoms with E-state index in [1.807, 2.05) is 79.9 Å². The van der Waals surface area contributed by atoms with Crippen molar-refractivity contribution in [3.8, 4) is 11.1 Å². The summed E-state index contributed by atoms with van der Waals surface area (Å²) in [6.45, 7) is 5.38. The molecule has 0 bridgehead atoms. The van der Waals surface area contributed by atoms with Gasteiger partial charge in [-0.2, -0.15) is 0 Å². The van der Waals surface area contributed by atoms with Crippen LogP contribution in [0.1, 0.15) is 36.9 Å². The van der Waals surface area contributed by atoms with Crippen LogP contribution in [0, 0.1) is 5.92 Å². The zero-order chi connectivity index (χ0) is 31.6. The largest absolute Gasteiger partial charge is 0.478 e. The molecule has 5 rings (SSSR count). The van der Waals surface area contributed by atoms with Crippen molar-refractivity contribution in [3.63, 3.8) is 0 Å². The van der Waals surface area contributed by atoms with Gasteiger partial charge in [0.05, 0.1) is 38.2 Å². The van der Waals surface area contributed by atoms with E-state index in [1.165, 1.54) is 6.08 Å². The molecule has 45 heavy (non-hydrogen) atoms. The predicted octanol–water partition coefficient (Wildman–Crippen LogP) is 4.75. The number of aliphatic carboxylic acids is 1. The number of pyridine rings is 2. The molecule has 10 heteroatoms. The monoisotopic (exact) mass is 613 g/mol. The minimum Gasteiger partial charge on any atom is -0.478 e. The number of benzene rings is 1. The Kier molecular flexibility index (Phi) is 11.3. The summed E-state index contributed by atoms with van der Waals surface area (Å²) < 4.78 is 11.6. The molecule has 3 heterocycles. The van der Waals surface area contributed by atoms with Crippen molar-refractivity contribution in [2.24, 2.45) is 5.92 Å². The molecule has 1 N–H and O–H groups in total. The SMILES string of the molecule is CN(C)c1ccc(-c2ccc(CN(C(=O)C3CCC(OCCN4CCOCC4)CC3)c3cccc(C=CC(=O)O)c3)nc2)cn1. The van der Waals surface area contributed by atoms with Crippen LogP contribution in [0.3, 0.4) is 0 Å². The molecule has 1 saturated heterocycles. The second-order valence-electron chi connectivity index (χ2n) is 11.8. The average molecular weight is 614 g/mol. The third-order valence-electron chi connectivity index (χ3n) is 8.44. The van der Waals surface area contributed by atoms with E-state index in [9.17, 15) is 9.59 Å². The van der Waals surface area contributed by atoms with Crippen LogP contribution in [0.4, 0.5) is 11.5 Å². The zero-order valence-electron chi connectivity index (χ0n) is 26.2. The van der Waals surface area contributed by atoms with Gasteiger partial charge in [0.2, 0.25) is 5.91 Å². The van der Waals surface area contributed by atoms with E-state index >= 15 is 0 Å². The summed E-state index contributed by atoms with van der Waals surface area (Å²) in [6, 6.07) is 15.4. The lowest BCUT2D eigenvalue weighted by Gasteiger charge is -2.33. The first-order valence-electron chi connectivity index (χ1n) is 15.7. The van der Waals surface area contributed by atoms with Gasteiger partial charge in [-0.3, -0.25) is 14.7 Å². The Morgan fingerprint density at radius 1 is 1.00 bits per heavy atom. The molecule has 2 fully saturated rings. The highest BCUT2D eigenvalue weighted by Crippen LogP contribution is 2.31. The molecule has 0 spiro atoms. The van der Waals surface area contributed by atoms with Gasteiger partial charge in [0, 0.05) is 74.9 Å². The normalized spacial score (nSPS) is 19.0. The maximum absolute atomic E-state index is 14.1. The average Bonchev–Trinajstić information content (AvgIpc) is 3.07. The Bertz CT molecular complexity index is 1430. The first kappa shape index (κ1) is 32.3. The number of hydrogen-bond acceptors (Lipinski definition) is 8. The van der Waals surface area contributed by atoms with Gasteiger partial charge >= 0.3 is 5.97 Å². The number of carboxylic acid groups (broad SMARTS) is 1. The number of carbonyl (C=O) groups excluding carboxylic acids is 1. The van der Waals surface area contributed by atoms with Crippen LogP contribution in [0.2, 0.25) is 0 Å². The van der Waals surface area contributed by atoms with Crippen molar-refractivity contribution >= 4 is 29.5 Å². The van der Waals surface area contributed by atoms with Crippen molar-refractivity contribution in [2.75, 3.05) is 63.4 Å². The van der Waals surface area contributed by atoms with Crippen molar-refractivity contribution in [3.05, 3.63) is 78.3 Å². The fourth-order valence-corrected chi connectivity index (χ4v) is 5.80. The number of aromatic nitrogens is 2. The summed E-state index contributed by atoms with van der Waals surface area (Å²) >= 11 is 0. The maximum Gasteiger partial charge on any atom is 0.328 e. The fraction of sp³-hybridized carbons (Fsp3) is 0.429. The molecule has 0 atom stereocenters. The van der Waals surface area contributed by atoms with Gasteiger partial charge < -0.3 is 24.4 Å². The summed E-state index contributed by atoms with van der Waals surface area (Å²) in [4.78, 5) is 40.5. The number of rotatable bonds is 12. The predicted molar refractivity (Wildman–Crippen MR) is 175 cm³/mol. The Balaban J connectivity index is 1.27. The van der Waals surface area contributed by atoms with Crippen LogP contribution in [0.5, 0.6) is 0 Å². The highest BCUT2D eigenvalue weighted by Gasteiger charge is 2.31. The van der Waals surface area contributed by atoms with Gasteiger partial charge in [0.15, 0.2) is 0 Å². The van der Waals surface area contributed by atoms with Crippen LogP contribution in [-0.2, 0) is 25.6 Å². The standard InChI is InChI=1S/C35H43N5O5/c1-38(2)33-14-10-29(24-37-33)28-7-11-30(36-23-28)25-40(31-5-3-4-26(22-31)6-15-34(41)42)35(43)27-8-12-32(13-9-27)45-21-18-39-16-19-44-20-17-39/h3-7,10-11,14-15,22-24,27,32H,8-9,12-13,16-21,25H2,1-2H3,(H,41,42). The van der Waals surface area contributed by atoms with Crippen LogP contribution < -0.4 is 9.80 Å². The van der Waals surface area contributed by atoms with Gasteiger partial charge in [-0.1, -0.05) is 18.2 Å². The highest BCUT2D eigenvalue weighted by atomic mass is 16.5. The van der Waals surface area contributed by atoms with E-state index in [1.54, 1.807) is 4.90 Å². The van der Waals surface area contributed by atoms with Crippen LogP contribution in [0.25, 0.3) is 17.2 Å². The second kappa shape index (κ2) is 15.7. The molecule has 2 aromatic heterocycles. The van der Waals surface area contributed by atoms with E-state index in [0.717, 1.165) is 87.2 Å². The first-order valence-corrected chi connectivity index (χ1v) is 15.7. The number of ether oxygens (including phenoxy) is 2. The Labute approximate surface area is 265 Å². The van der Waals surface area contributed by atoms with Gasteiger partial charge in [-0.25, -0.2) is 9.78 Å². The molecule has 1 saturated carbocycles. The van der Waals surface area contributed by atoms with Crippen LogP contribution in [-0.4, -0.2) is 91.5 Å². The number of amides is 1. The summed E-state index contributed by atoms with van der Waals surface area (Å²) in [5, 5.41) is 9.11. The fourth-order valence-electron chi connectivity index (χ4n) is 5.80. The third kappa shape index (κ3) is 9.20. The lowest BCUT2D eigenvalue weighted by Crippen LogP contribution is -2.40. The topological polar surface area (TPSA) is 108 Å². The van der Waals surface area contributed by atoms with E-state index in [2.05, 4.69) is 9.88 Å². The van der Waals surface area contributed by atoms with Gasteiger partial charge in [0.25, 0.3) is 0 Å². The van der Waals surface area contributed by atoms with Crippen LogP contribution in [0.15, 0.2) is 67.0 Å². The number of hydrogen-bond donors (Lipinski definition) is 1. The number of carbonyl (C=O) groups is 2. The van der Waals surface area contributed by atoms with Gasteiger partial charge in [-0.05, 0) is 67.7 Å². The third-order valence-corrected chi connectivity index (χ3v) is 8.44.